The number of rotatable bonds is 1. The molecule has 6 nitrogen and oxygen atoms in total. The SMILES string of the molecule is CC(C)(C)OC(=O)N1CCn2nc(P(C)(C)=O)cc2C1. The highest BCUT2D eigenvalue weighted by atomic mass is 31.2. The lowest BCUT2D eigenvalue weighted by Gasteiger charge is -2.30. The number of aromatic nitrogens is 2. The number of amides is 1. The Labute approximate surface area is 119 Å². The average molecular weight is 299 g/mol. The Balaban J connectivity index is 2.13. The summed E-state index contributed by atoms with van der Waals surface area (Å²) in [6.45, 7) is 10.6. The molecule has 1 aromatic rings. The van der Waals surface area contributed by atoms with E-state index >= 15 is 0 Å². The van der Waals surface area contributed by atoms with Crippen LogP contribution in [0.25, 0.3) is 0 Å². The first-order valence-corrected chi connectivity index (χ1v) is 9.26. The van der Waals surface area contributed by atoms with Crippen LogP contribution in [0, 0.1) is 0 Å². The highest BCUT2D eigenvalue weighted by Gasteiger charge is 2.28. The van der Waals surface area contributed by atoms with Gasteiger partial charge in [-0.2, -0.15) is 5.10 Å². The van der Waals surface area contributed by atoms with E-state index in [1.165, 1.54) is 0 Å². The number of ether oxygens (including phenoxy) is 1. The van der Waals surface area contributed by atoms with Crippen molar-refractivity contribution in [2.75, 3.05) is 19.9 Å². The summed E-state index contributed by atoms with van der Waals surface area (Å²) in [5.74, 6) is 0. The molecule has 7 heteroatoms. The first-order valence-electron chi connectivity index (χ1n) is 6.66. The standard InChI is InChI=1S/C13H22N3O3P/c1-13(2,3)19-12(17)15-6-7-16-10(9-15)8-11(14-16)20(4,5)18/h8H,6-7,9H2,1-5H3. The van der Waals surface area contributed by atoms with E-state index in [0.29, 0.717) is 25.1 Å². The summed E-state index contributed by atoms with van der Waals surface area (Å²) < 4.78 is 19.3. The van der Waals surface area contributed by atoms with Crippen molar-refractivity contribution in [3.63, 3.8) is 0 Å². The molecule has 2 rings (SSSR count). The molecule has 112 valence electrons. The van der Waals surface area contributed by atoms with E-state index in [2.05, 4.69) is 5.10 Å². The summed E-state index contributed by atoms with van der Waals surface area (Å²) in [5, 5.41) is 4.37. The summed E-state index contributed by atoms with van der Waals surface area (Å²) in [7, 11) is -2.37. The normalized spacial score (nSPS) is 15.9. The van der Waals surface area contributed by atoms with E-state index in [-0.39, 0.29) is 6.09 Å². The third-order valence-corrected chi connectivity index (χ3v) is 4.31. The molecule has 1 aliphatic rings. The number of carbonyl (C=O) groups is 1. The van der Waals surface area contributed by atoms with Crippen molar-refractivity contribution in [3.05, 3.63) is 11.8 Å². The van der Waals surface area contributed by atoms with E-state index in [4.69, 9.17) is 4.74 Å². The lowest BCUT2D eigenvalue weighted by molar-refractivity contribution is 0.0194. The second kappa shape index (κ2) is 4.92. The van der Waals surface area contributed by atoms with Gasteiger partial charge in [-0.1, -0.05) is 0 Å². The minimum absolute atomic E-state index is 0.317. The molecule has 0 fully saturated rings. The molecule has 20 heavy (non-hydrogen) atoms. The van der Waals surface area contributed by atoms with Gasteiger partial charge in [0.05, 0.1) is 18.8 Å². The minimum atomic E-state index is -2.37. The van der Waals surface area contributed by atoms with Crippen LogP contribution in [0.2, 0.25) is 0 Å². The summed E-state index contributed by atoms with van der Waals surface area (Å²) in [4.78, 5) is 13.7. The van der Waals surface area contributed by atoms with E-state index in [1.807, 2.05) is 31.5 Å². The zero-order chi connectivity index (χ0) is 15.1. The van der Waals surface area contributed by atoms with Gasteiger partial charge in [-0.3, -0.25) is 4.68 Å². The molecule has 0 aromatic carbocycles. The number of nitrogens with zero attached hydrogens (tertiary/aromatic N) is 3. The Hall–Kier alpha value is -1.29. The van der Waals surface area contributed by atoms with Crippen LogP contribution in [-0.2, 0) is 22.4 Å². The third kappa shape index (κ3) is 3.42. The van der Waals surface area contributed by atoms with Crippen LogP contribution in [0.3, 0.4) is 0 Å². The second-order valence-electron chi connectivity index (χ2n) is 6.47. The molecule has 1 amide bonds. The molecule has 0 radical (unpaired) electrons. The smallest absolute Gasteiger partial charge is 0.410 e. The Morgan fingerprint density at radius 1 is 1.35 bits per heavy atom. The molecule has 0 spiro atoms. The Morgan fingerprint density at radius 3 is 2.55 bits per heavy atom. The predicted octanol–water partition coefficient (Wildman–Crippen LogP) is 1.88. The fraction of sp³-hybridized carbons (Fsp3) is 0.692. The first kappa shape index (κ1) is 15.1. The zero-order valence-electron chi connectivity index (χ0n) is 12.7. The number of hydrogen-bond donors (Lipinski definition) is 0. The van der Waals surface area contributed by atoms with Gasteiger partial charge >= 0.3 is 6.09 Å². The van der Waals surface area contributed by atoms with Crippen molar-refractivity contribution in [2.45, 2.75) is 39.5 Å². The number of hydrogen-bond acceptors (Lipinski definition) is 4. The maximum atomic E-state index is 12.1. The van der Waals surface area contributed by atoms with E-state index < -0.39 is 12.7 Å². The molecule has 0 unspecified atom stereocenters. The monoisotopic (exact) mass is 299 g/mol. The fourth-order valence-corrected chi connectivity index (χ4v) is 2.78. The largest absolute Gasteiger partial charge is 0.444 e. The van der Waals surface area contributed by atoms with Gasteiger partial charge in [-0.25, -0.2) is 4.79 Å². The Bertz CT molecular complexity index is 568. The van der Waals surface area contributed by atoms with Gasteiger partial charge in [0.1, 0.15) is 18.2 Å². The molecule has 1 aromatic heterocycles. The highest BCUT2D eigenvalue weighted by Crippen LogP contribution is 2.34. The zero-order valence-corrected chi connectivity index (χ0v) is 13.6. The molecule has 2 heterocycles. The van der Waals surface area contributed by atoms with Crippen LogP contribution in [0.1, 0.15) is 26.5 Å². The average Bonchev–Trinajstić information content (AvgIpc) is 2.68. The predicted molar refractivity (Wildman–Crippen MR) is 78.0 cm³/mol. The molecule has 0 saturated heterocycles. The number of carbonyl (C=O) groups excluding carboxylic acids is 1. The van der Waals surface area contributed by atoms with Crippen molar-refractivity contribution in [3.8, 4) is 0 Å². The van der Waals surface area contributed by atoms with Crippen molar-refractivity contribution in [1.82, 2.24) is 14.7 Å². The molecule has 0 saturated carbocycles. The van der Waals surface area contributed by atoms with Gasteiger partial charge in [0, 0.05) is 6.54 Å². The maximum absolute atomic E-state index is 12.1. The van der Waals surface area contributed by atoms with Gasteiger partial charge < -0.3 is 14.2 Å². The lowest BCUT2D eigenvalue weighted by Crippen LogP contribution is -2.41. The minimum Gasteiger partial charge on any atom is -0.444 e. The van der Waals surface area contributed by atoms with E-state index in [0.717, 1.165) is 5.69 Å². The fourth-order valence-electron chi connectivity index (χ4n) is 2.00. The van der Waals surface area contributed by atoms with Crippen LogP contribution in [0.4, 0.5) is 4.79 Å². The first-order chi connectivity index (χ1) is 9.06. The van der Waals surface area contributed by atoms with Gasteiger partial charge in [0.15, 0.2) is 0 Å². The molecule has 0 bridgehead atoms. The van der Waals surface area contributed by atoms with Crippen LogP contribution in [0.15, 0.2) is 6.07 Å². The highest BCUT2D eigenvalue weighted by molar-refractivity contribution is 7.69. The van der Waals surface area contributed by atoms with Crippen molar-refractivity contribution >= 4 is 18.7 Å². The molecular formula is C13H22N3O3P. The van der Waals surface area contributed by atoms with Crippen LogP contribution >= 0.6 is 7.14 Å². The molecular weight excluding hydrogens is 277 g/mol. The van der Waals surface area contributed by atoms with Gasteiger partial charge in [0.25, 0.3) is 0 Å². The van der Waals surface area contributed by atoms with Crippen molar-refractivity contribution < 1.29 is 14.1 Å². The molecule has 1 aliphatic heterocycles. The summed E-state index contributed by atoms with van der Waals surface area (Å²) in [6, 6.07) is 1.83. The van der Waals surface area contributed by atoms with E-state index in [9.17, 15) is 9.36 Å². The Morgan fingerprint density at radius 2 is 2.00 bits per heavy atom. The molecule has 0 N–H and O–H groups in total. The topological polar surface area (TPSA) is 64.4 Å². The quantitative estimate of drug-likeness (QED) is 0.743. The number of fused-ring (bicyclic) bond motifs is 1. The third-order valence-electron chi connectivity index (χ3n) is 2.99. The molecule has 0 atom stereocenters. The summed E-state index contributed by atoms with van der Waals surface area (Å²) in [5.41, 5.74) is 1.03. The van der Waals surface area contributed by atoms with Crippen LogP contribution < -0.4 is 5.44 Å². The second-order valence-corrected chi connectivity index (χ2v) is 9.63. The van der Waals surface area contributed by atoms with E-state index in [1.54, 1.807) is 18.2 Å². The summed E-state index contributed by atoms with van der Waals surface area (Å²) in [6.07, 6.45) is -0.317. The van der Waals surface area contributed by atoms with Gasteiger partial charge in [0.2, 0.25) is 0 Å². The van der Waals surface area contributed by atoms with Crippen molar-refractivity contribution in [2.24, 2.45) is 0 Å². The summed E-state index contributed by atoms with van der Waals surface area (Å²) >= 11 is 0. The van der Waals surface area contributed by atoms with Crippen molar-refractivity contribution in [1.29, 1.82) is 0 Å². The van der Waals surface area contributed by atoms with Gasteiger partial charge in [-0.15, -0.1) is 0 Å². The van der Waals surface area contributed by atoms with Crippen LogP contribution in [-0.4, -0.2) is 46.2 Å². The maximum Gasteiger partial charge on any atom is 0.410 e. The Kier molecular flexibility index (Phi) is 3.71. The van der Waals surface area contributed by atoms with Crippen LogP contribution in [0.5, 0.6) is 0 Å². The lowest BCUT2D eigenvalue weighted by atomic mass is 10.2. The molecule has 0 aliphatic carbocycles. The van der Waals surface area contributed by atoms with Gasteiger partial charge in [-0.05, 0) is 40.2 Å².